The molecule has 5 nitrogen and oxygen atoms in total. The fraction of sp³-hybridized carbons (Fsp3) is 0.300. The van der Waals surface area contributed by atoms with Gasteiger partial charge in [0.1, 0.15) is 5.75 Å². The van der Waals surface area contributed by atoms with Crippen molar-refractivity contribution in [3.05, 3.63) is 33.9 Å². The second-order valence-electron chi connectivity index (χ2n) is 3.68. The fourth-order valence-corrected chi connectivity index (χ4v) is 1.31. The van der Waals surface area contributed by atoms with Gasteiger partial charge in [-0.1, -0.05) is 0 Å². The van der Waals surface area contributed by atoms with E-state index in [1.54, 1.807) is 0 Å². The first-order valence-corrected chi connectivity index (χ1v) is 5.00. The number of halogens is 6. The summed E-state index contributed by atoms with van der Waals surface area (Å²) in [7, 11) is 0. The van der Waals surface area contributed by atoms with Crippen molar-refractivity contribution in [2.75, 3.05) is 0 Å². The summed E-state index contributed by atoms with van der Waals surface area (Å²) in [5.74, 6) is -1.04. The molecule has 1 aromatic rings. The minimum Gasteiger partial charge on any atom is -0.471 e. The van der Waals surface area contributed by atoms with Gasteiger partial charge >= 0.3 is 12.4 Å². The van der Waals surface area contributed by atoms with Crippen LogP contribution in [0.15, 0.2) is 18.2 Å². The third-order valence-electron chi connectivity index (χ3n) is 2.17. The molecule has 0 aliphatic heterocycles. The summed E-state index contributed by atoms with van der Waals surface area (Å²) in [6.07, 6.45) is -15.6. The minimum absolute atomic E-state index is 0.0346. The number of carbonyl (C=O) groups is 1. The molecule has 0 amide bonds. The molecule has 0 radical (unpaired) electrons. The van der Waals surface area contributed by atoms with Crippen LogP contribution in [0.5, 0.6) is 5.75 Å². The van der Waals surface area contributed by atoms with Crippen molar-refractivity contribution in [1.82, 2.24) is 0 Å². The van der Waals surface area contributed by atoms with Crippen molar-refractivity contribution in [2.24, 2.45) is 0 Å². The molecule has 0 fully saturated rings. The maximum atomic E-state index is 12.3. The SMILES string of the molecule is O=Cc1ccc(OC(C(F)(F)F)C(F)(F)F)cc1[N+](=O)[O-]. The lowest BCUT2D eigenvalue weighted by Gasteiger charge is -2.23. The Labute approximate surface area is 112 Å². The molecular formula is C10H5F6NO4. The molecule has 11 heteroatoms. The molecule has 0 aromatic heterocycles. The van der Waals surface area contributed by atoms with E-state index in [2.05, 4.69) is 4.74 Å². The van der Waals surface area contributed by atoms with Gasteiger partial charge in [-0.15, -0.1) is 0 Å². The van der Waals surface area contributed by atoms with Gasteiger partial charge in [-0.25, -0.2) is 0 Å². The first-order valence-electron chi connectivity index (χ1n) is 5.00. The standard InChI is InChI=1S/C10H5F6NO4/c11-9(12,13)8(10(14,15)16)21-6-2-1-5(4-18)7(3-6)17(19)20/h1-4,8H. The number of aldehydes is 1. The number of ether oxygens (including phenoxy) is 1. The normalized spacial score (nSPS) is 12.3. The Morgan fingerprint density at radius 1 is 1.14 bits per heavy atom. The van der Waals surface area contributed by atoms with Gasteiger partial charge in [0.25, 0.3) is 11.8 Å². The number of nitro groups is 1. The molecule has 21 heavy (non-hydrogen) atoms. The van der Waals surface area contributed by atoms with Crippen LogP contribution < -0.4 is 4.74 Å². The van der Waals surface area contributed by atoms with Gasteiger partial charge in [0, 0.05) is 0 Å². The summed E-state index contributed by atoms with van der Waals surface area (Å²) in [5.41, 5.74) is -1.48. The maximum Gasteiger partial charge on any atom is 0.434 e. The van der Waals surface area contributed by atoms with Crippen molar-refractivity contribution < 1.29 is 40.8 Å². The third kappa shape index (κ3) is 4.07. The van der Waals surface area contributed by atoms with Gasteiger partial charge in [0.15, 0.2) is 6.29 Å². The van der Waals surface area contributed by atoms with E-state index in [4.69, 9.17) is 0 Å². The van der Waals surface area contributed by atoms with E-state index >= 15 is 0 Å². The quantitative estimate of drug-likeness (QED) is 0.370. The number of carbonyl (C=O) groups excluding carboxylic acids is 1. The van der Waals surface area contributed by atoms with Gasteiger partial charge in [0.05, 0.1) is 16.6 Å². The highest BCUT2D eigenvalue weighted by Gasteiger charge is 2.59. The van der Waals surface area contributed by atoms with Crippen LogP contribution in [0.25, 0.3) is 0 Å². The fourth-order valence-electron chi connectivity index (χ4n) is 1.31. The molecule has 0 saturated heterocycles. The highest BCUT2D eigenvalue weighted by atomic mass is 19.4. The molecule has 0 saturated carbocycles. The topological polar surface area (TPSA) is 69.4 Å². The molecule has 0 atom stereocenters. The van der Waals surface area contributed by atoms with Crippen molar-refractivity contribution >= 4 is 12.0 Å². The summed E-state index contributed by atoms with van der Waals surface area (Å²) < 4.78 is 77.4. The van der Waals surface area contributed by atoms with E-state index < -0.39 is 40.4 Å². The largest absolute Gasteiger partial charge is 0.471 e. The highest BCUT2D eigenvalue weighted by molar-refractivity contribution is 5.81. The number of rotatable bonds is 4. The molecule has 0 spiro atoms. The summed E-state index contributed by atoms with van der Waals surface area (Å²) in [5, 5.41) is 10.6. The van der Waals surface area contributed by atoms with Crippen LogP contribution in [0.1, 0.15) is 10.4 Å². The van der Waals surface area contributed by atoms with Gasteiger partial charge in [-0.2, -0.15) is 26.3 Å². The molecular weight excluding hydrogens is 312 g/mol. The van der Waals surface area contributed by atoms with Crippen molar-refractivity contribution in [3.63, 3.8) is 0 Å². The monoisotopic (exact) mass is 317 g/mol. The second-order valence-corrected chi connectivity index (χ2v) is 3.68. The number of nitrogens with zero attached hydrogens (tertiary/aromatic N) is 1. The molecule has 0 bridgehead atoms. The second kappa shape index (κ2) is 5.58. The van der Waals surface area contributed by atoms with Crippen molar-refractivity contribution in [2.45, 2.75) is 18.5 Å². The van der Waals surface area contributed by atoms with Crippen LogP contribution in [0, 0.1) is 10.1 Å². The van der Waals surface area contributed by atoms with Gasteiger partial charge in [-0.3, -0.25) is 14.9 Å². The number of benzene rings is 1. The summed E-state index contributed by atoms with van der Waals surface area (Å²) in [6.45, 7) is 0. The van der Waals surface area contributed by atoms with E-state index in [1.165, 1.54) is 0 Å². The van der Waals surface area contributed by atoms with Gasteiger partial charge in [0.2, 0.25) is 0 Å². The first kappa shape index (κ1) is 16.7. The Hall–Kier alpha value is -2.33. The Kier molecular flexibility index (Phi) is 4.44. The zero-order valence-electron chi connectivity index (χ0n) is 9.73. The third-order valence-corrected chi connectivity index (χ3v) is 2.17. The molecule has 0 heterocycles. The van der Waals surface area contributed by atoms with Crippen LogP contribution >= 0.6 is 0 Å². The highest BCUT2D eigenvalue weighted by Crippen LogP contribution is 2.37. The van der Waals surface area contributed by atoms with Crippen molar-refractivity contribution in [3.8, 4) is 5.75 Å². The summed E-state index contributed by atoms with van der Waals surface area (Å²) >= 11 is 0. The zero-order chi connectivity index (χ0) is 16.4. The zero-order valence-corrected chi connectivity index (χ0v) is 9.73. The van der Waals surface area contributed by atoms with Crippen molar-refractivity contribution in [1.29, 1.82) is 0 Å². The predicted octanol–water partition coefficient (Wildman–Crippen LogP) is 3.28. The predicted molar refractivity (Wildman–Crippen MR) is 55.0 cm³/mol. The van der Waals surface area contributed by atoms with Crippen LogP contribution in [-0.2, 0) is 0 Å². The molecule has 0 aliphatic rings. The molecule has 0 aliphatic carbocycles. The van der Waals surface area contributed by atoms with Gasteiger partial charge < -0.3 is 4.74 Å². The van der Waals surface area contributed by atoms with Gasteiger partial charge in [-0.05, 0) is 12.1 Å². The average Bonchev–Trinajstić information content (AvgIpc) is 2.32. The van der Waals surface area contributed by atoms with E-state index in [9.17, 15) is 41.3 Å². The van der Waals surface area contributed by atoms with Crippen LogP contribution in [0.3, 0.4) is 0 Å². The lowest BCUT2D eigenvalue weighted by Crippen LogP contribution is -2.46. The summed E-state index contributed by atoms with van der Waals surface area (Å²) in [4.78, 5) is 19.9. The van der Waals surface area contributed by atoms with E-state index in [1.807, 2.05) is 0 Å². The smallest absolute Gasteiger partial charge is 0.434 e. The minimum atomic E-state index is -5.75. The van der Waals surface area contributed by atoms with Crippen LogP contribution in [0.4, 0.5) is 32.0 Å². The Morgan fingerprint density at radius 2 is 1.67 bits per heavy atom. The Balaban J connectivity index is 3.20. The molecule has 0 unspecified atom stereocenters. The number of alkyl halides is 6. The van der Waals surface area contributed by atoms with E-state index in [-0.39, 0.29) is 6.29 Å². The molecule has 1 rings (SSSR count). The number of nitro benzene ring substituents is 1. The lowest BCUT2D eigenvalue weighted by molar-refractivity contribution is -0.385. The van der Waals surface area contributed by atoms with Crippen LogP contribution in [0.2, 0.25) is 0 Å². The Morgan fingerprint density at radius 3 is 2.05 bits per heavy atom. The summed E-state index contributed by atoms with van der Waals surface area (Å²) in [6, 6.07) is 1.60. The molecule has 116 valence electrons. The van der Waals surface area contributed by atoms with Crippen LogP contribution in [-0.4, -0.2) is 29.7 Å². The molecule has 1 aromatic carbocycles. The van der Waals surface area contributed by atoms with E-state index in [0.717, 1.165) is 0 Å². The Bertz CT molecular complexity index is 539. The number of hydrogen-bond donors (Lipinski definition) is 0. The van der Waals surface area contributed by atoms with E-state index in [0.29, 0.717) is 18.2 Å². The number of hydrogen-bond acceptors (Lipinski definition) is 4. The molecule has 0 N–H and O–H groups in total. The first-order chi connectivity index (χ1) is 9.46. The maximum absolute atomic E-state index is 12.3. The average molecular weight is 317 g/mol. The lowest BCUT2D eigenvalue weighted by atomic mass is 10.2.